The zero-order valence-electron chi connectivity index (χ0n) is 21.0. The molecule has 0 amide bonds. The molecule has 3 heterocycles. The maximum absolute atomic E-state index is 13.3. The molecule has 0 radical (unpaired) electrons. The van der Waals surface area contributed by atoms with E-state index in [9.17, 15) is 18.5 Å². The number of hydrogen-bond donors (Lipinski definition) is 0. The third-order valence-electron chi connectivity index (χ3n) is 6.60. The zero-order chi connectivity index (χ0) is 26.7. The summed E-state index contributed by atoms with van der Waals surface area (Å²) in [4.78, 5) is 22.1. The molecule has 0 N–H and O–H groups in total. The Kier molecular flexibility index (Phi) is 7.34. The summed E-state index contributed by atoms with van der Waals surface area (Å²) < 4.78 is 33.8. The van der Waals surface area contributed by atoms with E-state index in [1.807, 2.05) is 30.3 Å². The van der Waals surface area contributed by atoms with Crippen molar-refractivity contribution in [3.63, 3.8) is 0 Å². The molecule has 2 aromatic heterocycles. The highest BCUT2D eigenvalue weighted by Crippen LogP contribution is 2.34. The quantitative estimate of drug-likeness (QED) is 0.236. The van der Waals surface area contributed by atoms with Crippen LogP contribution in [0.2, 0.25) is 0 Å². The van der Waals surface area contributed by atoms with E-state index in [-0.39, 0.29) is 17.1 Å². The highest BCUT2D eigenvalue weighted by Gasteiger charge is 2.30. The number of nitro groups is 1. The van der Waals surface area contributed by atoms with Crippen LogP contribution in [0.4, 0.5) is 11.5 Å². The fourth-order valence-corrected chi connectivity index (χ4v) is 6.05. The van der Waals surface area contributed by atoms with Gasteiger partial charge in [-0.25, -0.2) is 13.4 Å². The number of nitrogens with zero attached hydrogens (tertiary/aromatic N) is 6. The number of sulfonamides is 1. The minimum atomic E-state index is -3.82. The molecule has 0 saturated carbocycles. The molecule has 0 spiro atoms. The molecule has 198 valence electrons. The maximum Gasteiger partial charge on any atom is 0.269 e. The Morgan fingerprint density at radius 1 is 1.00 bits per heavy atom. The largest absolute Gasteiger partial charge is 0.354 e. The summed E-state index contributed by atoms with van der Waals surface area (Å²) in [6.07, 6.45) is 3.22. The first-order valence-electron chi connectivity index (χ1n) is 12.6. The van der Waals surface area contributed by atoms with E-state index < -0.39 is 14.9 Å². The van der Waals surface area contributed by atoms with E-state index in [1.54, 1.807) is 0 Å². The molecule has 0 bridgehead atoms. The first-order chi connectivity index (χ1) is 18.4. The first-order valence-corrected chi connectivity index (χ1v) is 14.0. The predicted octanol–water partition coefficient (Wildman–Crippen LogP) is 4.44. The number of unbranched alkanes of at least 4 members (excludes halogenated alkanes) is 1. The normalized spacial score (nSPS) is 15.0. The van der Waals surface area contributed by atoms with Crippen molar-refractivity contribution in [1.29, 1.82) is 0 Å². The smallest absolute Gasteiger partial charge is 0.269 e. The summed E-state index contributed by atoms with van der Waals surface area (Å²) >= 11 is 0. The van der Waals surface area contributed by atoms with Crippen LogP contribution >= 0.6 is 0 Å². The number of rotatable bonds is 8. The van der Waals surface area contributed by atoms with Gasteiger partial charge in [-0.1, -0.05) is 48.8 Å². The molecule has 12 heteroatoms. The third kappa shape index (κ3) is 5.09. The Hall–Kier alpha value is -3.90. The molecule has 0 atom stereocenters. The molecule has 11 nitrogen and oxygen atoms in total. The highest BCUT2D eigenvalue weighted by atomic mass is 32.2. The number of nitro benzene ring substituents is 1. The van der Waals surface area contributed by atoms with E-state index in [2.05, 4.69) is 22.0 Å². The summed E-state index contributed by atoms with van der Waals surface area (Å²) in [6.45, 7) is 3.66. The van der Waals surface area contributed by atoms with Crippen LogP contribution in [0.3, 0.4) is 0 Å². The van der Waals surface area contributed by atoms with Gasteiger partial charge >= 0.3 is 0 Å². The van der Waals surface area contributed by atoms with Gasteiger partial charge < -0.3 is 9.42 Å². The molecule has 0 unspecified atom stereocenters. The lowest BCUT2D eigenvalue weighted by atomic mass is 10.1. The van der Waals surface area contributed by atoms with Crippen molar-refractivity contribution in [2.24, 2.45) is 0 Å². The lowest BCUT2D eigenvalue weighted by Crippen LogP contribution is -2.35. The first kappa shape index (κ1) is 25.7. The molecule has 1 fully saturated rings. The summed E-state index contributed by atoms with van der Waals surface area (Å²) in [5.74, 6) is 1.36. The fourth-order valence-electron chi connectivity index (χ4n) is 4.58. The molecule has 1 aliphatic heterocycles. The molecule has 4 aromatic rings. The van der Waals surface area contributed by atoms with Gasteiger partial charge in [0.05, 0.1) is 9.82 Å². The van der Waals surface area contributed by atoms with Gasteiger partial charge in [-0.15, -0.1) is 0 Å². The SMILES string of the molecule is CCCCc1nc(N2CCCN(S(=O)(=O)c3ccc([N+](=O)[O-])cc3)CC2)c2c(-c3ccccc3)noc2n1. The van der Waals surface area contributed by atoms with E-state index in [0.29, 0.717) is 60.9 Å². The van der Waals surface area contributed by atoms with Crippen molar-refractivity contribution >= 4 is 32.6 Å². The number of non-ortho nitro benzene ring substituents is 1. The van der Waals surface area contributed by atoms with Crippen LogP contribution in [0.5, 0.6) is 0 Å². The zero-order valence-corrected chi connectivity index (χ0v) is 21.8. The van der Waals surface area contributed by atoms with Crippen LogP contribution in [0, 0.1) is 10.1 Å². The van der Waals surface area contributed by atoms with E-state index in [0.717, 1.165) is 18.4 Å². The highest BCUT2D eigenvalue weighted by molar-refractivity contribution is 7.89. The standard InChI is InChI=1S/C26H28N6O5S/c1-2-3-10-22-27-25(23-24(29-37-26(23)28-22)19-8-5-4-6-9-19)30-15-7-16-31(18-17-30)38(35,36)21-13-11-20(12-14-21)32(33)34/h4-6,8-9,11-14H,2-3,7,10,15-18H2,1H3. The molecule has 1 saturated heterocycles. The van der Waals surface area contributed by atoms with Crippen molar-refractivity contribution in [1.82, 2.24) is 19.4 Å². The van der Waals surface area contributed by atoms with Crippen molar-refractivity contribution in [2.75, 3.05) is 31.1 Å². The van der Waals surface area contributed by atoms with Crippen molar-refractivity contribution in [3.8, 4) is 11.3 Å². The third-order valence-corrected chi connectivity index (χ3v) is 8.52. The second-order valence-corrected chi connectivity index (χ2v) is 11.1. The number of aryl methyl sites for hydroxylation is 1. The topological polar surface area (TPSA) is 136 Å². The van der Waals surface area contributed by atoms with Crippen LogP contribution in [0.15, 0.2) is 64.0 Å². The van der Waals surface area contributed by atoms with Gasteiger partial charge in [-0.2, -0.15) is 9.29 Å². The summed E-state index contributed by atoms with van der Waals surface area (Å²) in [5.41, 5.74) is 1.80. The molecule has 1 aliphatic rings. The van der Waals surface area contributed by atoms with Gasteiger partial charge in [0.15, 0.2) is 0 Å². The second-order valence-electron chi connectivity index (χ2n) is 9.14. The summed E-state index contributed by atoms with van der Waals surface area (Å²) in [7, 11) is -3.82. The summed E-state index contributed by atoms with van der Waals surface area (Å²) in [5, 5.41) is 16.0. The molecule has 0 aliphatic carbocycles. The number of aromatic nitrogens is 3. The lowest BCUT2D eigenvalue weighted by molar-refractivity contribution is -0.384. The van der Waals surface area contributed by atoms with E-state index in [1.165, 1.54) is 28.6 Å². The van der Waals surface area contributed by atoms with Gasteiger partial charge in [0.1, 0.15) is 22.7 Å². The van der Waals surface area contributed by atoms with Crippen molar-refractivity contribution in [2.45, 2.75) is 37.5 Å². The Morgan fingerprint density at radius 2 is 1.76 bits per heavy atom. The Bertz CT molecular complexity index is 1540. The second kappa shape index (κ2) is 10.8. The minimum absolute atomic E-state index is 0.0354. The van der Waals surface area contributed by atoms with E-state index in [4.69, 9.17) is 9.51 Å². The molecule has 2 aromatic carbocycles. The Balaban J connectivity index is 1.47. The van der Waals surface area contributed by atoms with Gasteiger partial charge in [-0.3, -0.25) is 10.1 Å². The summed E-state index contributed by atoms with van der Waals surface area (Å²) in [6, 6.07) is 14.7. The van der Waals surface area contributed by atoms with Gasteiger partial charge in [0.25, 0.3) is 11.4 Å². The average Bonchev–Trinajstić information content (AvgIpc) is 3.20. The molecular formula is C26H28N6O5S. The Labute approximate surface area is 220 Å². The van der Waals surface area contributed by atoms with Crippen LogP contribution in [0.25, 0.3) is 22.4 Å². The fraction of sp³-hybridized carbons (Fsp3) is 0.346. The number of benzene rings is 2. The van der Waals surface area contributed by atoms with Gasteiger partial charge in [0, 0.05) is 50.3 Å². The van der Waals surface area contributed by atoms with Crippen molar-refractivity contribution < 1.29 is 17.9 Å². The lowest BCUT2D eigenvalue weighted by Gasteiger charge is -2.23. The number of fused-ring (bicyclic) bond motifs is 1. The molecular weight excluding hydrogens is 508 g/mol. The Morgan fingerprint density at radius 3 is 2.47 bits per heavy atom. The predicted molar refractivity (Wildman–Crippen MR) is 142 cm³/mol. The van der Waals surface area contributed by atoms with Gasteiger partial charge in [0.2, 0.25) is 10.0 Å². The molecule has 38 heavy (non-hydrogen) atoms. The van der Waals surface area contributed by atoms with Crippen LogP contribution in [0.1, 0.15) is 32.0 Å². The molecule has 5 rings (SSSR count). The van der Waals surface area contributed by atoms with E-state index >= 15 is 0 Å². The number of hydrogen-bond acceptors (Lipinski definition) is 9. The average molecular weight is 537 g/mol. The minimum Gasteiger partial charge on any atom is -0.354 e. The number of anilines is 1. The van der Waals surface area contributed by atoms with Crippen molar-refractivity contribution in [3.05, 3.63) is 70.5 Å². The van der Waals surface area contributed by atoms with Crippen LogP contribution < -0.4 is 4.90 Å². The monoisotopic (exact) mass is 536 g/mol. The van der Waals surface area contributed by atoms with Crippen LogP contribution in [-0.4, -0.2) is 58.9 Å². The van der Waals surface area contributed by atoms with Crippen LogP contribution in [-0.2, 0) is 16.4 Å². The van der Waals surface area contributed by atoms with Gasteiger partial charge in [-0.05, 0) is 25.0 Å². The maximum atomic E-state index is 13.3.